The molecular formula is C27H23F2N5O2. The van der Waals surface area contributed by atoms with E-state index in [-0.39, 0.29) is 0 Å². The molecule has 0 bridgehead atoms. The van der Waals surface area contributed by atoms with Crippen molar-refractivity contribution in [3.63, 3.8) is 0 Å². The average Bonchev–Trinajstić information content (AvgIpc) is 3.48. The van der Waals surface area contributed by atoms with E-state index in [2.05, 4.69) is 27.8 Å². The number of carbonyl (C=O) groups is 2. The smallest absolute Gasteiger partial charge is 0.268 e. The van der Waals surface area contributed by atoms with Gasteiger partial charge in [-0.3, -0.25) is 14.6 Å². The van der Waals surface area contributed by atoms with Crippen molar-refractivity contribution in [2.24, 2.45) is 0 Å². The number of hydrogen-bond donors (Lipinski definition) is 2. The van der Waals surface area contributed by atoms with Crippen LogP contribution in [0.3, 0.4) is 0 Å². The van der Waals surface area contributed by atoms with Gasteiger partial charge in [0.1, 0.15) is 6.04 Å². The van der Waals surface area contributed by atoms with Crippen molar-refractivity contribution in [3.8, 4) is 6.07 Å². The molecule has 0 spiro atoms. The van der Waals surface area contributed by atoms with Crippen molar-refractivity contribution in [1.82, 2.24) is 15.2 Å². The molecule has 0 aliphatic carbocycles. The van der Waals surface area contributed by atoms with E-state index in [4.69, 9.17) is 5.26 Å². The van der Waals surface area contributed by atoms with Crippen LogP contribution < -0.4 is 10.6 Å². The number of hydrogen-bond acceptors (Lipinski definition) is 5. The lowest BCUT2D eigenvalue weighted by Crippen LogP contribution is -2.43. The van der Waals surface area contributed by atoms with E-state index in [9.17, 15) is 18.4 Å². The van der Waals surface area contributed by atoms with E-state index in [1.165, 1.54) is 17.4 Å². The maximum Gasteiger partial charge on any atom is 0.268 e. The Labute approximate surface area is 206 Å². The summed E-state index contributed by atoms with van der Waals surface area (Å²) in [5.41, 5.74) is 5.32. The first-order valence-electron chi connectivity index (χ1n) is 11.6. The molecule has 36 heavy (non-hydrogen) atoms. The third kappa shape index (κ3) is 4.75. The third-order valence-corrected chi connectivity index (χ3v) is 6.46. The number of amides is 2. The predicted octanol–water partition coefficient (Wildman–Crippen LogP) is 3.86. The molecule has 1 fully saturated rings. The van der Waals surface area contributed by atoms with Crippen LogP contribution in [-0.2, 0) is 11.2 Å². The van der Waals surface area contributed by atoms with E-state index in [1.54, 1.807) is 12.1 Å². The number of nitrogens with zero attached hydrogens (tertiary/aromatic N) is 3. The summed E-state index contributed by atoms with van der Waals surface area (Å²) in [4.78, 5) is 30.5. The predicted molar refractivity (Wildman–Crippen MR) is 132 cm³/mol. The third-order valence-electron chi connectivity index (χ3n) is 6.46. The highest BCUT2D eigenvalue weighted by molar-refractivity contribution is 6.07. The summed E-state index contributed by atoms with van der Waals surface area (Å²) < 4.78 is 27.3. The normalized spacial score (nSPS) is 18.1. The van der Waals surface area contributed by atoms with Crippen LogP contribution in [0, 0.1) is 11.3 Å². The highest BCUT2D eigenvalue weighted by atomic mass is 19.3. The first-order valence-corrected chi connectivity index (χ1v) is 11.6. The first-order chi connectivity index (χ1) is 17.3. The molecule has 3 heterocycles. The summed E-state index contributed by atoms with van der Waals surface area (Å²) in [5, 5.41) is 15.5. The number of halogens is 2. The lowest BCUT2D eigenvalue weighted by molar-refractivity contribution is -0.131. The summed E-state index contributed by atoms with van der Waals surface area (Å²) in [6, 6.07) is 13.9. The van der Waals surface area contributed by atoms with Gasteiger partial charge >= 0.3 is 0 Å². The van der Waals surface area contributed by atoms with Gasteiger partial charge in [-0.1, -0.05) is 24.3 Å². The first kappa shape index (κ1) is 23.4. The molecule has 0 saturated carbocycles. The summed E-state index contributed by atoms with van der Waals surface area (Å²) >= 11 is 0. The molecule has 1 atom stereocenters. The molecule has 3 aromatic rings. The zero-order valence-electron chi connectivity index (χ0n) is 19.3. The minimum Gasteiger partial charge on any atom is -0.384 e. The summed E-state index contributed by atoms with van der Waals surface area (Å²) in [7, 11) is 0. The van der Waals surface area contributed by atoms with Gasteiger partial charge in [-0.05, 0) is 53.4 Å². The van der Waals surface area contributed by atoms with Crippen LogP contribution in [0.5, 0.6) is 0 Å². The summed E-state index contributed by atoms with van der Waals surface area (Å²) in [5.74, 6) is -4.36. The van der Waals surface area contributed by atoms with Crippen LogP contribution in [-0.4, -0.2) is 53.3 Å². The number of alkyl halides is 2. The Hall–Kier alpha value is -4.32. The van der Waals surface area contributed by atoms with Crippen molar-refractivity contribution in [2.45, 2.75) is 24.8 Å². The minimum atomic E-state index is -3.11. The van der Waals surface area contributed by atoms with E-state index in [0.717, 1.165) is 29.0 Å². The lowest BCUT2D eigenvalue weighted by Gasteiger charge is -2.19. The van der Waals surface area contributed by atoms with Crippen molar-refractivity contribution < 1.29 is 18.4 Å². The number of anilines is 1. The van der Waals surface area contributed by atoms with Crippen LogP contribution >= 0.6 is 0 Å². The van der Waals surface area contributed by atoms with Gasteiger partial charge in [0.25, 0.3) is 11.8 Å². The largest absolute Gasteiger partial charge is 0.384 e. The number of rotatable bonds is 5. The zero-order valence-corrected chi connectivity index (χ0v) is 19.3. The number of aromatic nitrogens is 1. The van der Waals surface area contributed by atoms with Gasteiger partial charge < -0.3 is 15.5 Å². The Morgan fingerprint density at radius 1 is 1.19 bits per heavy atom. The highest BCUT2D eigenvalue weighted by Gasteiger charge is 2.47. The Bertz CT molecular complexity index is 1430. The van der Waals surface area contributed by atoms with E-state index >= 15 is 0 Å². The zero-order chi connectivity index (χ0) is 25.3. The van der Waals surface area contributed by atoms with Gasteiger partial charge in [0.15, 0.2) is 0 Å². The van der Waals surface area contributed by atoms with Crippen molar-refractivity contribution in [3.05, 3.63) is 70.9 Å². The second-order valence-electron chi connectivity index (χ2n) is 8.97. The van der Waals surface area contributed by atoms with Crippen LogP contribution in [0.4, 0.5) is 14.5 Å². The van der Waals surface area contributed by atoms with Gasteiger partial charge in [-0.25, -0.2) is 8.78 Å². The lowest BCUT2D eigenvalue weighted by atomic mass is 10.0. The summed E-state index contributed by atoms with van der Waals surface area (Å²) in [6.45, 7) is -0.363. The van der Waals surface area contributed by atoms with Gasteiger partial charge in [0, 0.05) is 30.2 Å². The molecule has 7 nitrogen and oxygen atoms in total. The Balaban J connectivity index is 1.31. The molecule has 2 aliphatic heterocycles. The number of benzene rings is 2. The second kappa shape index (κ2) is 9.38. The number of carbonyl (C=O) groups excluding carboxylic acids is 2. The molecule has 9 heteroatoms. The Kier molecular flexibility index (Phi) is 6.10. The molecule has 2 aliphatic rings. The van der Waals surface area contributed by atoms with Crippen LogP contribution in [0.25, 0.3) is 23.1 Å². The van der Waals surface area contributed by atoms with Gasteiger partial charge in [0.2, 0.25) is 5.91 Å². The average molecular weight is 488 g/mol. The second-order valence-corrected chi connectivity index (χ2v) is 8.97. The standard InChI is InChI=1S/C27H23F2N5O2/c28-27(29)13-20(14-30)34(16-27)25(35)15-33-26(36)21-8-10-32-24-6-4-18(12-22(21)24)2-1-17-3-5-23-19(11-17)7-9-31-23/h1-6,8,10-12,20,31H,7,9,13,15-16H2,(H,33,36)/b2-1+. The molecule has 2 amide bonds. The molecule has 182 valence electrons. The number of nitrogens with one attached hydrogen (secondary N) is 2. The molecule has 2 aromatic carbocycles. The fourth-order valence-corrected chi connectivity index (χ4v) is 4.63. The molecule has 1 unspecified atom stereocenters. The quantitative estimate of drug-likeness (QED) is 0.533. The molecule has 0 radical (unpaired) electrons. The molecule has 1 aromatic heterocycles. The summed E-state index contributed by atoms with van der Waals surface area (Å²) in [6.07, 6.45) is 5.76. The van der Waals surface area contributed by atoms with Crippen LogP contribution in [0.1, 0.15) is 33.5 Å². The SMILES string of the molecule is N#CC1CC(F)(F)CN1C(=O)CNC(=O)c1ccnc2ccc(/C=C/c3ccc4c(c3)CCN4)cc12. The fraction of sp³-hybridized carbons (Fsp3) is 0.259. The van der Waals surface area contributed by atoms with Crippen LogP contribution in [0.2, 0.25) is 0 Å². The van der Waals surface area contributed by atoms with Crippen molar-refractivity contribution in [1.29, 1.82) is 5.26 Å². The van der Waals surface area contributed by atoms with E-state index < -0.39 is 43.3 Å². The van der Waals surface area contributed by atoms with Crippen molar-refractivity contribution >= 4 is 40.6 Å². The maximum atomic E-state index is 13.6. The fourth-order valence-electron chi connectivity index (χ4n) is 4.63. The number of pyridine rings is 1. The topological polar surface area (TPSA) is 98.1 Å². The number of fused-ring (bicyclic) bond motifs is 2. The van der Waals surface area contributed by atoms with Crippen LogP contribution in [0.15, 0.2) is 48.7 Å². The van der Waals surface area contributed by atoms with Crippen molar-refractivity contribution in [2.75, 3.05) is 25.0 Å². The maximum absolute atomic E-state index is 13.6. The molecule has 1 saturated heterocycles. The Morgan fingerprint density at radius 2 is 1.97 bits per heavy atom. The molecule has 2 N–H and O–H groups in total. The van der Waals surface area contributed by atoms with Gasteiger partial charge in [-0.2, -0.15) is 5.26 Å². The van der Waals surface area contributed by atoms with E-state index in [1.807, 2.05) is 36.4 Å². The highest BCUT2D eigenvalue weighted by Crippen LogP contribution is 2.31. The molecule has 5 rings (SSSR count). The number of nitriles is 1. The monoisotopic (exact) mass is 487 g/mol. The van der Waals surface area contributed by atoms with Gasteiger partial charge in [0.05, 0.1) is 30.2 Å². The Morgan fingerprint density at radius 3 is 2.78 bits per heavy atom. The minimum absolute atomic E-state index is 0.315. The van der Waals surface area contributed by atoms with Gasteiger partial charge in [-0.15, -0.1) is 0 Å². The molecular weight excluding hydrogens is 464 g/mol. The number of likely N-dealkylation sites (tertiary alicyclic amines) is 1. The van der Waals surface area contributed by atoms with E-state index in [0.29, 0.717) is 16.5 Å².